The number of hydrogen-bond donors (Lipinski definition) is 1. The number of benzene rings is 1. The fourth-order valence-corrected chi connectivity index (χ4v) is 1.63. The second-order valence-electron chi connectivity index (χ2n) is 3.53. The van der Waals surface area contributed by atoms with Gasteiger partial charge in [-0.2, -0.15) is 0 Å². The van der Waals surface area contributed by atoms with Gasteiger partial charge in [-0.25, -0.2) is 9.18 Å². The molecule has 0 saturated heterocycles. The summed E-state index contributed by atoms with van der Waals surface area (Å²) < 4.78 is 14.1. The largest absolute Gasteiger partial charge is 0.478 e. The fraction of sp³-hybridized carbons (Fsp3) is 0. The van der Waals surface area contributed by atoms with Crippen LogP contribution in [-0.4, -0.2) is 15.6 Å². The van der Waals surface area contributed by atoms with Gasteiger partial charge in [0.15, 0.2) is 0 Å². The average molecular weight is 268 g/mol. The molecule has 0 fully saturated rings. The quantitative estimate of drug-likeness (QED) is 0.908. The van der Waals surface area contributed by atoms with Crippen molar-refractivity contribution in [2.45, 2.75) is 0 Å². The van der Waals surface area contributed by atoms with E-state index in [-0.39, 0.29) is 10.6 Å². The normalized spacial score (nSPS) is 10.3. The first kappa shape index (κ1) is 12.3. The molecule has 1 N–H and O–H groups in total. The van der Waals surface area contributed by atoms with E-state index in [2.05, 4.69) is 0 Å². The van der Waals surface area contributed by atoms with Crippen molar-refractivity contribution in [3.63, 3.8) is 0 Å². The predicted octanol–water partition coefficient (Wildman–Crippen LogP) is 2.33. The van der Waals surface area contributed by atoms with Crippen LogP contribution >= 0.6 is 11.6 Å². The van der Waals surface area contributed by atoms with Crippen LogP contribution < -0.4 is 5.56 Å². The van der Waals surface area contributed by atoms with Gasteiger partial charge in [-0.15, -0.1) is 0 Å². The Morgan fingerprint density at radius 2 is 2.00 bits per heavy atom. The van der Waals surface area contributed by atoms with Gasteiger partial charge in [-0.1, -0.05) is 11.6 Å². The first-order valence-electron chi connectivity index (χ1n) is 4.90. The van der Waals surface area contributed by atoms with Crippen LogP contribution in [0.4, 0.5) is 4.39 Å². The summed E-state index contributed by atoms with van der Waals surface area (Å²) in [6.07, 6.45) is 1.16. The molecule has 0 spiro atoms. The Morgan fingerprint density at radius 1 is 1.28 bits per heavy atom. The highest BCUT2D eigenvalue weighted by Gasteiger charge is 2.08. The summed E-state index contributed by atoms with van der Waals surface area (Å²) in [4.78, 5) is 22.4. The van der Waals surface area contributed by atoms with Crippen LogP contribution in [-0.2, 0) is 0 Å². The van der Waals surface area contributed by atoms with E-state index >= 15 is 0 Å². The zero-order valence-corrected chi connectivity index (χ0v) is 9.69. The molecule has 0 radical (unpaired) electrons. The highest BCUT2D eigenvalue weighted by atomic mass is 35.5. The lowest BCUT2D eigenvalue weighted by molar-refractivity contribution is 0.0696. The Hall–Kier alpha value is -2.14. The van der Waals surface area contributed by atoms with Crippen LogP contribution in [0.5, 0.6) is 0 Å². The molecule has 1 heterocycles. The highest BCUT2D eigenvalue weighted by molar-refractivity contribution is 6.30. The summed E-state index contributed by atoms with van der Waals surface area (Å²) in [5, 5.41) is 8.71. The number of rotatable bonds is 2. The molecule has 0 aliphatic heterocycles. The summed E-state index contributed by atoms with van der Waals surface area (Å²) in [5.41, 5.74) is -0.174. The number of pyridine rings is 1. The van der Waals surface area contributed by atoms with Crippen molar-refractivity contribution in [2.75, 3.05) is 0 Å². The molecule has 0 atom stereocenters. The molecular formula is C12H7ClFNO3. The number of halogens is 2. The van der Waals surface area contributed by atoms with Crippen molar-refractivity contribution in [2.24, 2.45) is 0 Å². The van der Waals surface area contributed by atoms with Crippen molar-refractivity contribution in [1.82, 2.24) is 4.57 Å². The number of carbonyl (C=O) groups is 1. The Kier molecular flexibility index (Phi) is 3.16. The van der Waals surface area contributed by atoms with Crippen LogP contribution in [0, 0.1) is 5.82 Å². The van der Waals surface area contributed by atoms with Crippen LogP contribution in [0.2, 0.25) is 5.02 Å². The summed E-state index contributed by atoms with van der Waals surface area (Å²) in [6, 6.07) is 6.03. The molecule has 0 saturated carbocycles. The topological polar surface area (TPSA) is 59.3 Å². The molecule has 1 aromatic heterocycles. The van der Waals surface area contributed by atoms with Gasteiger partial charge in [0.1, 0.15) is 5.82 Å². The SMILES string of the molecule is O=C(O)c1ccc(=O)n(-c2ccc(F)c(Cl)c2)c1. The minimum atomic E-state index is -1.16. The van der Waals surface area contributed by atoms with E-state index in [4.69, 9.17) is 16.7 Å². The number of hydrogen-bond acceptors (Lipinski definition) is 2. The number of aromatic nitrogens is 1. The number of carboxylic acid groups (broad SMARTS) is 1. The lowest BCUT2D eigenvalue weighted by Gasteiger charge is -2.07. The Balaban J connectivity index is 2.62. The number of nitrogens with zero attached hydrogens (tertiary/aromatic N) is 1. The molecule has 4 nitrogen and oxygen atoms in total. The summed E-state index contributed by atoms with van der Waals surface area (Å²) in [6.45, 7) is 0. The van der Waals surface area contributed by atoms with Gasteiger partial charge in [-0.05, 0) is 24.3 Å². The molecular weight excluding hydrogens is 261 g/mol. The third-order valence-corrected chi connectivity index (χ3v) is 2.63. The van der Waals surface area contributed by atoms with Gasteiger partial charge >= 0.3 is 5.97 Å². The third kappa shape index (κ3) is 2.26. The van der Waals surface area contributed by atoms with E-state index in [9.17, 15) is 14.0 Å². The predicted molar refractivity (Wildman–Crippen MR) is 64.0 cm³/mol. The lowest BCUT2D eigenvalue weighted by Crippen LogP contribution is -2.18. The van der Waals surface area contributed by atoms with Crippen molar-refractivity contribution in [3.8, 4) is 5.69 Å². The third-order valence-electron chi connectivity index (χ3n) is 2.34. The molecule has 2 rings (SSSR count). The standard InChI is InChI=1S/C12H7ClFNO3/c13-9-5-8(2-3-10(9)14)15-6-7(12(17)18)1-4-11(15)16/h1-6H,(H,17,18). The van der Waals surface area contributed by atoms with E-state index in [1.807, 2.05) is 0 Å². The van der Waals surface area contributed by atoms with Gasteiger partial charge in [0.05, 0.1) is 16.3 Å². The first-order chi connectivity index (χ1) is 8.49. The zero-order valence-electron chi connectivity index (χ0n) is 8.93. The molecule has 0 bridgehead atoms. The van der Waals surface area contributed by atoms with Gasteiger partial charge in [0.25, 0.3) is 5.56 Å². The summed E-state index contributed by atoms with van der Waals surface area (Å²) >= 11 is 5.61. The Bertz CT molecular complexity index is 681. The van der Waals surface area contributed by atoms with Crippen LogP contribution in [0.15, 0.2) is 41.3 Å². The average Bonchev–Trinajstić information content (AvgIpc) is 2.33. The zero-order chi connectivity index (χ0) is 13.3. The minimum absolute atomic E-state index is 0.0463. The molecule has 0 aliphatic rings. The van der Waals surface area contributed by atoms with E-state index in [1.54, 1.807) is 0 Å². The van der Waals surface area contributed by atoms with Crippen LogP contribution in [0.25, 0.3) is 5.69 Å². The first-order valence-corrected chi connectivity index (χ1v) is 5.28. The van der Waals surface area contributed by atoms with E-state index in [0.29, 0.717) is 5.69 Å². The maximum atomic E-state index is 13.0. The van der Waals surface area contributed by atoms with Crippen molar-refractivity contribution < 1.29 is 14.3 Å². The smallest absolute Gasteiger partial charge is 0.337 e. The summed E-state index contributed by atoms with van der Waals surface area (Å²) in [5.74, 6) is -1.76. The lowest BCUT2D eigenvalue weighted by atomic mass is 10.2. The minimum Gasteiger partial charge on any atom is -0.478 e. The molecule has 2 aromatic rings. The van der Waals surface area contributed by atoms with Gasteiger partial charge < -0.3 is 5.11 Å². The molecule has 0 amide bonds. The van der Waals surface area contributed by atoms with Crippen molar-refractivity contribution in [1.29, 1.82) is 0 Å². The number of carboxylic acids is 1. The Morgan fingerprint density at radius 3 is 2.61 bits per heavy atom. The van der Waals surface area contributed by atoms with E-state index in [1.165, 1.54) is 18.2 Å². The van der Waals surface area contributed by atoms with E-state index in [0.717, 1.165) is 22.9 Å². The number of aromatic carboxylic acids is 1. The molecule has 0 unspecified atom stereocenters. The molecule has 18 heavy (non-hydrogen) atoms. The highest BCUT2D eigenvalue weighted by Crippen LogP contribution is 2.18. The van der Waals surface area contributed by atoms with Gasteiger partial charge in [-0.3, -0.25) is 9.36 Å². The van der Waals surface area contributed by atoms with E-state index < -0.39 is 17.3 Å². The second-order valence-corrected chi connectivity index (χ2v) is 3.94. The molecule has 0 aliphatic carbocycles. The van der Waals surface area contributed by atoms with Crippen molar-refractivity contribution in [3.05, 3.63) is 63.3 Å². The monoisotopic (exact) mass is 267 g/mol. The van der Waals surface area contributed by atoms with Crippen molar-refractivity contribution >= 4 is 17.6 Å². The van der Waals surface area contributed by atoms with Gasteiger partial charge in [0, 0.05) is 12.3 Å². The maximum Gasteiger partial charge on any atom is 0.337 e. The molecule has 6 heteroatoms. The van der Waals surface area contributed by atoms with Crippen LogP contribution in [0.3, 0.4) is 0 Å². The van der Waals surface area contributed by atoms with Crippen LogP contribution in [0.1, 0.15) is 10.4 Å². The molecule has 1 aromatic carbocycles. The fourth-order valence-electron chi connectivity index (χ4n) is 1.45. The molecule has 92 valence electrons. The van der Waals surface area contributed by atoms with Gasteiger partial charge in [0.2, 0.25) is 0 Å². The second kappa shape index (κ2) is 4.62. The maximum absolute atomic E-state index is 13.0. The Labute approximate surface area is 106 Å². The summed E-state index contributed by atoms with van der Waals surface area (Å²) in [7, 11) is 0.